The lowest BCUT2D eigenvalue weighted by molar-refractivity contribution is 0.418. The molecule has 94 valence electrons. The van der Waals surface area contributed by atoms with Crippen molar-refractivity contribution in [2.75, 3.05) is 0 Å². The summed E-state index contributed by atoms with van der Waals surface area (Å²) >= 11 is 0. The zero-order valence-corrected chi connectivity index (χ0v) is 10.0. The fourth-order valence-electron chi connectivity index (χ4n) is 1.78. The molecule has 5 heteroatoms. The standard InChI is InChI=1S/C14H11N3O2/c18-12-9-15-7-6-11(12)14-16-13(17-19-14)8-10-4-2-1-3-5-10/h1-7,9,18H,8H2. The summed E-state index contributed by atoms with van der Waals surface area (Å²) in [4.78, 5) is 8.08. The average Bonchev–Trinajstić information content (AvgIpc) is 2.89. The van der Waals surface area contributed by atoms with Gasteiger partial charge in [-0.25, -0.2) is 0 Å². The third-order valence-corrected chi connectivity index (χ3v) is 2.70. The van der Waals surface area contributed by atoms with Gasteiger partial charge in [0.2, 0.25) is 0 Å². The number of hydrogen-bond donors (Lipinski definition) is 1. The van der Waals surface area contributed by atoms with Gasteiger partial charge in [0.15, 0.2) is 5.82 Å². The monoisotopic (exact) mass is 253 g/mol. The normalized spacial score (nSPS) is 10.5. The lowest BCUT2D eigenvalue weighted by Crippen LogP contribution is -1.90. The Balaban J connectivity index is 1.86. The summed E-state index contributed by atoms with van der Waals surface area (Å²) in [5, 5.41) is 13.6. The van der Waals surface area contributed by atoms with E-state index in [1.165, 1.54) is 6.20 Å². The maximum Gasteiger partial charge on any atom is 0.261 e. The number of benzene rings is 1. The summed E-state index contributed by atoms with van der Waals surface area (Å²) in [6.07, 6.45) is 3.50. The molecule has 2 aromatic heterocycles. The number of pyridine rings is 1. The second kappa shape index (κ2) is 4.89. The molecular formula is C14H11N3O2. The molecule has 0 unspecified atom stereocenters. The van der Waals surface area contributed by atoms with E-state index >= 15 is 0 Å². The van der Waals surface area contributed by atoms with Gasteiger partial charge < -0.3 is 9.63 Å². The topological polar surface area (TPSA) is 72.0 Å². The average molecular weight is 253 g/mol. The van der Waals surface area contributed by atoms with Crippen LogP contribution in [0.15, 0.2) is 53.3 Å². The van der Waals surface area contributed by atoms with Crippen LogP contribution in [-0.2, 0) is 6.42 Å². The van der Waals surface area contributed by atoms with E-state index < -0.39 is 0 Å². The minimum absolute atomic E-state index is 0.0254. The third-order valence-electron chi connectivity index (χ3n) is 2.70. The summed E-state index contributed by atoms with van der Waals surface area (Å²) in [6, 6.07) is 11.5. The van der Waals surface area contributed by atoms with Gasteiger partial charge in [0, 0.05) is 12.6 Å². The van der Waals surface area contributed by atoms with Gasteiger partial charge in [-0.1, -0.05) is 35.5 Å². The molecular weight excluding hydrogens is 242 g/mol. The number of aromatic hydroxyl groups is 1. The first-order valence-corrected chi connectivity index (χ1v) is 5.83. The van der Waals surface area contributed by atoms with Crippen LogP contribution in [0.3, 0.4) is 0 Å². The number of rotatable bonds is 3. The number of aromatic nitrogens is 3. The van der Waals surface area contributed by atoms with Gasteiger partial charge in [0.25, 0.3) is 5.89 Å². The molecule has 0 radical (unpaired) electrons. The van der Waals surface area contributed by atoms with Gasteiger partial charge in [0.05, 0.1) is 11.8 Å². The van der Waals surface area contributed by atoms with Crippen molar-refractivity contribution in [2.24, 2.45) is 0 Å². The molecule has 0 saturated carbocycles. The first-order valence-electron chi connectivity index (χ1n) is 5.83. The Kier molecular flexibility index (Phi) is 2.94. The highest BCUT2D eigenvalue weighted by Gasteiger charge is 2.12. The van der Waals surface area contributed by atoms with Gasteiger partial charge in [-0.05, 0) is 11.6 Å². The maximum atomic E-state index is 9.67. The summed E-state index contributed by atoms with van der Waals surface area (Å²) in [5.41, 5.74) is 1.59. The Morgan fingerprint density at radius 2 is 1.95 bits per heavy atom. The summed E-state index contributed by atoms with van der Waals surface area (Å²) < 4.78 is 5.15. The van der Waals surface area contributed by atoms with Crippen molar-refractivity contribution in [3.63, 3.8) is 0 Å². The van der Waals surface area contributed by atoms with Crippen LogP contribution >= 0.6 is 0 Å². The van der Waals surface area contributed by atoms with E-state index in [4.69, 9.17) is 4.52 Å². The van der Waals surface area contributed by atoms with Gasteiger partial charge >= 0.3 is 0 Å². The molecule has 5 nitrogen and oxygen atoms in total. The van der Waals surface area contributed by atoms with Crippen molar-refractivity contribution in [2.45, 2.75) is 6.42 Å². The Morgan fingerprint density at radius 1 is 1.11 bits per heavy atom. The van der Waals surface area contributed by atoms with Gasteiger partial charge in [-0.15, -0.1) is 0 Å². The van der Waals surface area contributed by atoms with Crippen LogP contribution < -0.4 is 0 Å². The van der Waals surface area contributed by atoms with Crippen LogP contribution in [0.5, 0.6) is 5.75 Å². The minimum atomic E-state index is 0.0254. The van der Waals surface area contributed by atoms with E-state index in [9.17, 15) is 5.11 Å². The summed E-state index contributed by atoms with van der Waals surface area (Å²) in [5.74, 6) is 0.903. The predicted octanol–water partition coefficient (Wildman–Crippen LogP) is 2.43. The zero-order valence-electron chi connectivity index (χ0n) is 10.0. The number of hydrogen-bond acceptors (Lipinski definition) is 5. The van der Waals surface area contributed by atoms with Crippen molar-refractivity contribution < 1.29 is 9.63 Å². The molecule has 19 heavy (non-hydrogen) atoms. The second-order valence-electron chi connectivity index (χ2n) is 4.07. The Hall–Kier alpha value is -2.69. The third kappa shape index (κ3) is 2.44. The molecule has 0 bridgehead atoms. The maximum absolute atomic E-state index is 9.67. The van der Waals surface area contributed by atoms with Crippen LogP contribution in [0.4, 0.5) is 0 Å². The van der Waals surface area contributed by atoms with Gasteiger partial charge in [0.1, 0.15) is 5.75 Å². The molecule has 0 amide bonds. The Morgan fingerprint density at radius 3 is 2.74 bits per heavy atom. The van der Waals surface area contributed by atoms with Crippen LogP contribution in [0.25, 0.3) is 11.5 Å². The predicted molar refractivity (Wildman–Crippen MR) is 68.4 cm³/mol. The summed E-state index contributed by atoms with van der Waals surface area (Å²) in [7, 11) is 0. The van der Waals surface area contributed by atoms with E-state index in [1.54, 1.807) is 12.3 Å². The smallest absolute Gasteiger partial charge is 0.261 e. The highest BCUT2D eigenvalue weighted by atomic mass is 16.5. The minimum Gasteiger partial charge on any atom is -0.505 e. The van der Waals surface area contributed by atoms with E-state index in [1.807, 2.05) is 30.3 Å². The molecule has 0 atom stereocenters. The Labute approximate surface area is 109 Å². The molecule has 1 aromatic carbocycles. The van der Waals surface area contributed by atoms with Crippen molar-refractivity contribution in [1.82, 2.24) is 15.1 Å². The van der Waals surface area contributed by atoms with Crippen LogP contribution in [-0.4, -0.2) is 20.2 Å². The molecule has 0 aliphatic rings. The first-order chi connectivity index (χ1) is 9.33. The largest absolute Gasteiger partial charge is 0.505 e. The molecule has 0 aliphatic heterocycles. The van der Waals surface area contributed by atoms with Crippen LogP contribution in [0.2, 0.25) is 0 Å². The van der Waals surface area contributed by atoms with Crippen molar-refractivity contribution in [3.05, 3.63) is 60.2 Å². The zero-order chi connectivity index (χ0) is 13.1. The second-order valence-corrected chi connectivity index (χ2v) is 4.07. The van der Waals surface area contributed by atoms with Gasteiger partial charge in [-0.2, -0.15) is 4.98 Å². The quantitative estimate of drug-likeness (QED) is 0.776. The highest BCUT2D eigenvalue weighted by Crippen LogP contribution is 2.26. The lowest BCUT2D eigenvalue weighted by Gasteiger charge is -1.96. The fraction of sp³-hybridized carbons (Fsp3) is 0.0714. The van der Waals surface area contributed by atoms with E-state index in [0.717, 1.165) is 5.56 Å². The lowest BCUT2D eigenvalue weighted by atomic mass is 10.1. The van der Waals surface area contributed by atoms with Crippen molar-refractivity contribution in [3.8, 4) is 17.2 Å². The number of nitrogens with zero attached hydrogens (tertiary/aromatic N) is 3. The van der Waals surface area contributed by atoms with Crippen molar-refractivity contribution >= 4 is 0 Å². The van der Waals surface area contributed by atoms with E-state index in [0.29, 0.717) is 23.7 Å². The molecule has 0 fully saturated rings. The first kappa shape index (κ1) is 11.4. The van der Waals surface area contributed by atoms with Crippen molar-refractivity contribution in [1.29, 1.82) is 0 Å². The fourth-order valence-corrected chi connectivity index (χ4v) is 1.78. The molecule has 0 aliphatic carbocycles. The highest BCUT2D eigenvalue weighted by molar-refractivity contribution is 5.60. The van der Waals surface area contributed by atoms with Crippen LogP contribution in [0.1, 0.15) is 11.4 Å². The molecule has 2 heterocycles. The summed E-state index contributed by atoms with van der Waals surface area (Å²) in [6.45, 7) is 0. The molecule has 0 spiro atoms. The molecule has 0 saturated heterocycles. The molecule has 1 N–H and O–H groups in total. The SMILES string of the molecule is Oc1cnccc1-c1nc(Cc2ccccc2)no1. The van der Waals surface area contributed by atoms with E-state index in [-0.39, 0.29) is 5.75 Å². The molecule has 3 aromatic rings. The van der Waals surface area contributed by atoms with Crippen LogP contribution in [0, 0.1) is 0 Å². The Bertz CT molecular complexity index is 680. The van der Waals surface area contributed by atoms with Gasteiger partial charge in [-0.3, -0.25) is 4.98 Å². The molecule has 3 rings (SSSR count). The van der Waals surface area contributed by atoms with E-state index in [2.05, 4.69) is 15.1 Å².